The number of benzene rings is 2. The first-order valence-electron chi connectivity index (χ1n) is 9.43. The summed E-state index contributed by atoms with van der Waals surface area (Å²) in [6.07, 6.45) is 1.88. The van der Waals surface area contributed by atoms with Crippen molar-refractivity contribution in [3.8, 4) is 11.5 Å². The molecule has 1 fully saturated rings. The predicted octanol–water partition coefficient (Wildman–Crippen LogP) is 4.36. The number of para-hydroxylation sites is 1. The number of halogens is 2. The minimum Gasteiger partial charge on any atom is -0.493 e. The second kappa shape index (κ2) is 11.0. The first kappa shape index (κ1) is 23.7. The summed E-state index contributed by atoms with van der Waals surface area (Å²) in [5.41, 5.74) is 2.44. The fraction of sp³-hybridized carbons (Fsp3) is 0.273. The molecule has 0 bridgehead atoms. The maximum atomic E-state index is 12.3. The van der Waals surface area contributed by atoms with Crippen LogP contribution in [0.4, 0.5) is 5.69 Å². The summed E-state index contributed by atoms with van der Waals surface area (Å²) in [7, 11) is 1.59. The van der Waals surface area contributed by atoms with E-state index in [9.17, 15) is 4.79 Å². The van der Waals surface area contributed by atoms with Gasteiger partial charge in [-0.1, -0.05) is 24.3 Å². The first-order valence-corrected chi connectivity index (χ1v) is 9.43. The number of rotatable bonds is 6. The molecule has 160 valence electrons. The Morgan fingerprint density at radius 1 is 1.13 bits per heavy atom. The third kappa shape index (κ3) is 5.53. The SMILES string of the molecule is COc1ccc(NC(=O)C2CCCN2)cc1OCc1ccc2ccccc2n1.Cl.Cl. The Morgan fingerprint density at radius 2 is 1.97 bits per heavy atom. The molecule has 1 amide bonds. The summed E-state index contributed by atoms with van der Waals surface area (Å²) in [6, 6.07) is 17.2. The van der Waals surface area contributed by atoms with Gasteiger partial charge >= 0.3 is 0 Å². The van der Waals surface area contributed by atoms with E-state index < -0.39 is 0 Å². The molecule has 4 rings (SSSR count). The molecule has 0 aliphatic carbocycles. The molecular weight excluding hydrogens is 425 g/mol. The number of pyridine rings is 1. The van der Waals surface area contributed by atoms with E-state index in [0.29, 0.717) is 23.8 Å². The molecule has 1 atom stereocenters. The molecule has 1 aliphatic rings. The third-order valence-corrected chi connectivity index (χ3v) is 4.84. The maximum Gasteiger partial charge on any atom is 0.241 e. The van der Waals surface area contributed by atoms with Crippen molar-refractivity contribution in [2.75, 3.05) is 19.0 Å². The zero-order chi connectivity index (χ0) is 19.3. The molecule has 6 nitrogen and oxygen atoms in total. The Balaban J connectivity index is 0.00000160. The molecule has 0 spiro atoms. The largest absolute Gasteiger partial charge is 0.493 e. The molecule has 1 aromatic heterocycles. The van der Waals surface area contributed by atoms with Gasteiger partial charge in [-0.05, 0) is 43.7 Å². The number of methoxy groups -OCH3 is 1. The van der Waals surface area contributed by atoms with Crippen LogP contribution in [0.25, 0.3) is 10.9 Å². The van der Waals surface area contributed by atoms with E-state index >= 15 is 0 Å². The molecule has 2 aromatic carbocycles. The van der Waals surface area contributed by atoms with E-state index in [4.69, 9.17) is 9.47 Å². The predicted molar refractivity (Wildman–Crippen MR) is 123 cm³/mol. The summed E-state index contributed by atoms with van der Waals surface area (Å²) in [5, 5.41) is 7.24. The van der Waals surface area contributed by atoms with Crippen molar-refractivity contribution in [3.63, 3.8) is 0 Å². The van der Waals surface area contributed by atoms with Crippen molar-refractivity contribution in [1.82, 2.24) is 10.3 Å². The second-order valence-corrected chi connectivity index (χ2v) is 6.79. The van der Waals surface area contributed by atoms with Gasteiger partial charge in [0.15, 0.2) is 11.5 Å². The number of carbonyl (C=O) groups excluding carboxylic acids is 1. The van der Waals surface area contributed by atoms with Gasteiger partial charge in [0.2, 0.25) is 5.91 Å². The van der Waals surface area contributed by atoms with E-state index in [1.54, 1.807) is 19.2 Å². The Labute approximate surface area is 188 Å². The molecule has 2 N–H and O–H groups in total. The van der Waals surface area contributed by atoms with Gasteiger partial charge in [0, 0.05) is 17.1 Å². The lowest BCUT2D eigenvalue weighted by Crippen LogP contribution is -2.35. The van der Waals surface area contributed by atoms with Gasteiger partial charge in [0.1, 0.15) is 6.61 Å². The van der Waals surface area contributed by atoms with Crippen molar-refractivity contribution in [1.29, 1.82) is 0 Å². The number of fused-ring (bicyclic) bond motifs is 1. The van der Waals surface area contributed by atoms with Crippen LogP contribution in [0.15, 0.2) is 54.6 Å². The number of hydrogen-bond donors (Lipinski definition) is 2. The van der Waals surface area contributed by atoms with Crippen LogP contribution < -0.4 is 20.1 Å². The lowest BCUT2D eigenvalue weighted by molar-refractivity contribution is -0.117. The van der Waals surface area contributed by atoms with Crippen LogP contribution in [0.5, 0.6) is 11.5 Å². The van der Waals surface area contributed by atoms with Gasteiger partial charge in [-0.3, -0.25) is 4.79 Å². The van der Waals surface area contributed by atoms with Crippen LogP contribution in [0, 0.1) is 0 Å². The van der Waals surface area contributed by atoms with Crippen LogP contribution in [-0.4, -0.2) is 30.6 Å². The van der Waals surface area contributed by atoms with Crippen LogP contribution in [-0.2, 0) is 11.4 Å². The highest BCUT2D eigenvalue weighted by atomic mass is 35.5. The lowest BCUT2D eigenvalue weighted by Gasteiger charge is -2.15. The molecule has 1 aliphatic heterocycles. The molecule has 0 radical (unpaired) electrons. The fourth-order valence-electron chi connectivity index (χ4n) is 3.35. The van der Waals surface area contributed by atoms with Gasteiger partial charge in [-0.15, -0.1) is 24.8 Å². The first-order chi connectivity index (χ1) is 13.7. The Morgan fingerprint density at radius 3 is 2.73 bits per heavy atom. The molecular formula is C22H25Cl2N3O3. The van der Waals surface area contributed by atoms with E-state index in [1.165, 1.54) is 0 Å². The molecule has 30 heavy (non-hydrogen) atoms. The van der Waals surface area contributed by atoms with Crippen LogP contribution in [0.1, 0.15) is 18.5 Å². The van der Waals surface area contributed by atoms with Gasteiger partial charge in [0.25, 0.3) is 0 Å². The molecule has 1 unspecified atom stereocenters. The standard InChI is InChI=1S/C22H23N3O3.2ClH/c1-27-20-11-10-16(25-22(26)19-7-4-12-23-19)13-21(20)28-14-17-9-8-15-5-2-3-6-18(15)24-17;;/h2-3,5-6,8-11,13,19,23H,4,7,12,14H2,1H3,(H,25,26);2*1H. The number of amides is 1. The third-order valence-electron chi connectivity index (χ3n) is 4.84. The van der Waals surface area contributed by atoms with Crippen molar-refractivity contribution in [2.24, 2.45) is 0 Å². The topological polar surface area (TPSA) is 72.5 Å². The minimum atomic E-state index is -0.131. The van der Waals surface area contributed by atoms with Crippen molar-refractivity contribution in [2.45, 2.75) is 25.5 Å². The maximum absolute atomic E-state index is 12.3. The number of nitrogens with one attached hydrogen (secondary N) is 2. The smallest absolute Gasteiger partial charge is 0.241 e. The number of nitrogens with zero attached hydrogens (tertiary/aromatic N) is 1. The van der Waals surface area contributed by atoms with E-state index in [-0.39, 0.29) is 36.8 Å². The molecule has 2 heterocycles. The summed E-state index contributed by atoms with van der Waals surface area (Å²) in [6.45, 7) is 1.19. The number of ether oxygens (including phenoxy) is 2. The fourth-order valence-corrected chi connectivity index (χ4v) is 3.35. The quantitative estimate of drug-likeness (QED) is 0.584. The van der Waals surface area contributed by atoms with Crippen molar-refractivity contribution >= 4 is 47.3 Å². The van der Waals surface area contributed by atoms with Crippen molar-refractivity contribution < 1.29 is 14.3 Å². The lowest BCUT2D eigenvalue weighted by atomic mass is 10.2. The number of carbonyl (C=O) groups is 1. The Hall–Kier alpha value is -2.54. The monoisotopic (exact) mass is 449 g/mol. The van der Waals surface area contributed by atoms with Gasteiger partial charge in [-0.2, -0.15) is 0 Å². The van der Waals surface area contributed by atoms with Gasteiger partial charge < -0.3 is 20.1 Å². The van der Waals surface area contributed by atoms with Gasteiger partial charge in [-0.25, -0.2) is 4.98 Å². The van der Waals surface area contributed by atoms with Crippen LogP contribution >= 0.6 is 24.8 Å². The molecule has 8 heteroatoms. The summed E-state index contributed by atoms with van der Waals surface area (Å²) >= 11 is 0. The average Bonchev–Trinajstić information content (AvgIpc) is 3.27. The molecule has 0 saturated carbocycles. The van der Waals surface area contributed by atoms with Crippen molar-refractivity contribution in [3.05, 3.63) is 60.3 Å². The number of anilines is 1. The van der Waals surface area contributed by atoms with Gasteiger partial charge in [0.05, 0.1) is 24.4 Å². The Kier molecular flexibility index (Phi) is 8.72. The molecule has 3 aromatic rings. The minimum absolute atomic E-state index is 0. The molecule has 1 saturated heterocycles. The van der Waals surface area contributed by atoms with Crippen LogP contribution in [0.3, 0.4) is 0 Å². The zero-order valence-corrected chi connectivity index (χ0v) is 18.2. The van der Waals surface area contributed by atoms with E-state index in [0.717, 1.165) is 36.0 Å². The number of aromatic nitrogens is 1. The van der Waals surface area contributed by atoms with E-state index in [1.807, 2.05) is 42.5 Å². The highest BCUT2D eigenvalue weighted by Gasteiger charge is 2.22. The highest BCUT2D eigenvalue weighted by molar-refractivity contribution is 5.95. The van der Waals surface area contributed by atoms with Crippen LogP contribution in [0.2, 0.25) is 0 Å². The zero-order valence-electron chi connectivity index (χ0n) is 16.6. The summed E-state index contributed by atoms with van der Waals surface area (Å²) < 4.78 is 11.3. The van der Waals surface area contributed by atoms with E-state index in [2.05, 4.69) is 15.6 Å². The summed E-state index contributed by atoms with van der Waals surface area (Å²) in [5.74, 6) is 1.15. The average molecular weight is 450 g/mol. The number of hydrogen-bond acceptors (Lipinski definition) is 5. The second-order valence-electron chi connectivity index (χ2n) is 6.79. The highest BCUT2D eigenvalue weighted by Crippen LogP contribution is 2.31. The summed E-state index contributed by atoms with van der Waals surface area (Å²) in [4.78, 5) is 17.0. The normalized spacial score (nSPS) is 15.0. The Bertz CT molecular complexity index is 994.